The van der Waals surface area contributed by atoms with Crippen LogP contribution in [0.3, 0.4) is 0 Å². The zero-order valence-corrected chi connectivity index (χ0v) is 9.15. The fraction of sp³-hybridized carbons (Fsp3) is 0.778. The van der Waals surface area contributed by atoms with E-state index in [2.05, 4.69) is 5.32 Å². The first kappa shape index (κ1) is 13.7. The van der Waals surface area contributed by atoms with Gasteiger partial charge in [-0.25, -0.2) is 4.79 Å². The Labute approximate surface area is 89.2 Å². The lowest BCUT2D eigenvalue weighted by Gasteiger charge is -2.17. The van der Waals surface area contributed by atoms with Gasteiger partial charge in [-0.15, -0.1) is 0 Å². The van der Waals surface area contributed by atoms with Crippen LogP contribution < -0.4 is 5.32 Å². The molecule has 15 heavy (non-hydrogen) atoms. The Hall–Kier alpha value is -1.30. The lowest BCUT2D eigenvalue weighted by molar-refractivity contribution is -0.136. The highest BCUT2D eigenvalue weighted by Crippen LogP contribution is 1.86. The quantitative estimate of drug-likeness (QED) is 0.596. The Morgan fingerprint density at radius 1 is 1.47 bits per heavy atom. The van der Waals surface area contributed by atoms with Crippen LogP contribution in [0.4, 0.5) is 4.79 Å². The Kier molecular flexibility index (Phi) is 7.35. The number of hydrogen-bond acceptors (Lipinski definition) is 3. The monoisotopic (exact) mass is 218 g/mol. The minimum Gasteiger partial charge on any atom is -0.481 e. The van der Waals surface area contributed by atoms with Gasteiger partial charge in [0.05, 0.1) is 13.0 Å². The summed E-state index contributed by atoms with van der Waals surface area (Å²) in [6.07, 6.45) is -0.0644. The van der Waals surface area contributed by atoms with E-state index in [9.17, 15) is 9.59 Å². The molecule has 0 rings (SSSR count). The standard InChI is InChI=1S/C9H18N2O4/c1-3-15-7-6-11(2)9(14)10-5-4-8(12)13/h3-7H2,1-2H3,(H,10,14)(H,12,13). The molecule has 0 unspecified atom stereocenters. The van der Waals surface area contributed by atoms with Crippen molar-refractivity contribution >= 4 is 12.0 Å². The molecule has 2 N–H and O–H groups in total. The maximum absolute atomic E-state index is 11.3. The largest absolute Gasteiger partial charge is 0.481 e. The summed E-state index contributed by atoms with van der Waals surface area (Å²) < 4.78 is 5.08. The number of ether oxygens (including phenoxy) is 1. The predicted octanol–water partition coefficient (Wildman–Crippen LogP) is 0.139. The third kappa shape index (κ3) is 7.75. The summed E-state index contributed by atoms with van der Waals surface area (Å²) in [5, 5.41) is 10.8. The van der Waals surface area contributed by atoms with Crippen molar-refractivity contribution in [2.45, 2.75) is 13.3 Å². The molecule has 88 valence electrons. The number of carboxylic acid groups (broad SMARTS) is 1. The van der Waals surface area contributed by atoms with Gasteiger partial charge in [-0.2, -0.15) is 0 Å². The van der Waals surface area contributed by atoms with E-state index in [1.807, 2.05) is 6.92 Å². The van der Waals surface area contributed by atoms with Crippen LogP contribution in [0.1, 0.15) is 13.3 Å². The number of rotatable bonds is 7. The van der Waals surface area contributed by atoms with Gasteiger partial charge in [0.25, 0.3) is 0 Å². The first-order valence-electron chi connectivity index (χ1n) is 4.86. The average Bonchev–Trinajstić information content (AvgIpc) is 2.17. The van der Waals surface area contributed by atoms with Crippen LogP contribution in [0, 0.1) is 0 Å². The number of urea groups is 1. The molecule has 6 heteroatoms. The van der Waals surface area contributed by atoms with Crippen molar-refractivity contribution in [2.75, 3.05) is 33.4 Å². The summed E-state index contributed by atoms with van der Waals surface area (Å²) in [6, 6.07) is -0.282. The molecule has 0 atom stereocenters. The fourth-order valence-corrected chi connectivity index (χ4v) is 0.859. The van der Waals surface area contributed by atoms with Crippen molar-refractivity contribution in [3.63, 3.8) is 0 Å². The molecule has 0 aliphatic carbocycles. The number of likely N-dealkylation sites (N-methyl/N-ethyl adjacent to an activating group) is 1. The van der Waals surface area contributed by atoms with E-state index in [-0.39, 0.29) is 19.0 Å². The van der Waals surface area contributed by atoms with Crippen LogP contribution in [0.25, 0.3) is 0 Å². The fourth-order valence-electron chi connectivity index (χ4n) is 0.859. The number of carbonyl (C=O) groups is 2. The van der Waals surface area contributed by atoms with Gasteiger partial charge < -0.3 is 20.1 Å². The molecule has 0 fully saturated rings. The van der Waals surface area contributed by atoms with Crippen molar-refractivity contribution in [2.24, 2.45) is 0 Å². The van der Waals surface area contributed by atoms with Crippen LogP contribution in [0.15, 0.2) is 0 Å². The Bertz CT molecular complexity index is 208. The van der Waals surface area contributed by atoms with Crippen molar-refractivity contribution in [1.29, 1.82) is 0 Å². The molecule has 0 aromatic rings. The van der Waals surface area contributed by atoms with Gasteiger partial charge in [-0.05, 0) is 6.92 Å². The summed E-state index contributed by atoms with van der Waals surface area (Å²) in [4.78, 5) is 22.9. The number of nitrogens with one attached hydrogen (secondary N) is 1. The summed E-state index contributed by atoms with van der Waals surface area (Å²) in [7, 11) is 1.63. The smallest absolute Gasteiger partial charge is 0.317 e. The molecule has 6 nitrogen and oxygen atoms in total. The molecule has 0 aliphatic heterocycles. The van der Waals surface area contributed by atoms with Gasteiger partial charge in [0, 0.05) is 26.7 Å². The molecular formula is C9H18N2O4. The van der Waals surface area contributed by atoms with E-state index >= 15 is 0 Å². The predicted molar refractivity (Wildman–Crippen MR) is 54.8 cm³/mol. The first-order chi connectivity index (χ1) is 7.07. The van der Waals surface area contributed by atoms with E-state index in [0.717, 1.165) is 0 Å². The second kappa shape index (κ2) is 8.05. The van der Waals surface area contributed by atoms with Crippen molar-refractivity contribution in [3.05, 3.63) is 0 Å². The lowest BCUT2D eigenvalue weighted by Crippen LogP contribution is -2.39. The minimum absolute atomic E-state index is 0.0644. The highest BCUT2D eigenvalue weighted by molar-refractivity contribution is 5.74. The number of amides is 2. The molecule has 0 aliphatic rings. The first-order valence-corrected chi connectivity index (χ1v) is 4.86. The molecule has 0 heterocycles. The zero-order valence-electron chi connectivity index (χ0n) is 9.15. The van der Waals surface area contributed by atoms with Gasteiger partial charge in [0.1, 0.15) is 0 Å². The van der Waals surface area contributed by atoms with Gasteiger partial charge in [-0.3, -0.25) is 4.79 Å². The van der Waals surface area contributed by atoms with Gasteiger partial charge in [0.15, 0.2) is 0 Å². The molecular weight excluding hydrogens is 200 g/mol. The van der Waals surface area contributed by atoms with Gasteiger partial charge in [-0.1, -0.05) is 0 Å². The van der Waals surface area contributed by atoms with Crippen molar-refractivity contribution < 1.29 is 19.4 Å². The normalized spacial score (nSPS) is 9.73. The lowest BCUT2D eigenvalue weighted by atomic mass is 10.4. The molecule has 0 bridgehead atoms. The number of nitrogens with zero attached hydrogens (tertiary/aromatic N) is 1. The van der Waals surface area contributed by atoms with E-state index < -0.39 is 5.97 Å². The second-order valence-electron chi connectivity index (χ2n) is 2.99. The number of aliphatic carboxylic acids is 1. The molecule has 0 spiro atoms. The summed E-state index contributed by atoms with van der Waals surface area (Å²) in [5.41, 5.74) is 0. The van der Waals surface area contributed by atoms with E-state index in [4.69, 9.17) is 9.84 Å². The van der Waals surface area contributed by atoms with E-state index in [1.54, 1.807) is 7.05 Å². The maximum Gasteiger partial charge on any atom is 0.317 e. The van der Waals surface area contributed by atoms with Crippen molar-refractivity contribution in [1.82, 2.24) is 10.2 Å². The maximum atomic E-state index is 11.3. The Morgan fingerprint density at radius 3 is 2.67 bits per heavy atom. The highest BCUT2D eigenvalue weighted by Gasteiger charge is 2.07. The minimum atomic E-state index is -0.924. The molecule has 2 amide bonds. The van der Waals surface area contributed by atoms with Gasteiger partial charge in [0.2, 0.25) is 0 Å². The number of hydrogen-bond donors (Lipinski definition) is 2. The SMILES string of the molecule is CCOCCN(C)C(=O)NCCC(=O)O. The second-order valence-corrected chi connectivity index (χ2v) is 2.99. The third-order valence-electron chi connectivity index (χ3n) is 1.74. The van der Waals surface area contributed by atoms with E-state index in [1.165, 1.54) is 4.90 Å². The summed E-state index contributed by atoms with van der Waals surface area (Å²) >= 11 is 0. The Morgan fingerprint density at radius 2 is 2.13 bits per heavy atom. The van der Waals surface area contributed by atoms with Crippen LogP contribution in [0.5, 0.6) is 0 Å². The topological polar surface area (TPSA) is 78.9 Å². The third-order valence-corrected chi connectivity index (χ3v) is 1.74. The van der Waals surface area contributed by atoms with E-state index in [0.29, 0.717) is 19.8 Å². The average molecular weight is 218 g/mol. The Balaban J connectivity index is 3.55. The summed E-state index contributed by atoms with van der Waals surface area (Å²) in [5.74, 6) is -0.924. The molecule has 0 radical (unpaired) electrons. The number of carboxylic acids is 1. The van der Waals surface area contributed by atoms with Crippen LogP contribution in [0.2, 0.25) is 0 Å². The molecule has 0 aromatic heterocycles. The molecule has 0 saturated heterocycles. The number of carbonyl (C=O) groups excluding carboxylic acids is 1. The van der Waals surface area contributed by atoms with Crippen LogP contribution >= 0.6 is 0 Å². The molecule has 0 aromatic carbocycles. The molecule has 0 saturated carbocycles. The highest BCUT2D eigenvalue weighted by atomic mass is 16.5. The van der Waals surface area contributed by atoms with Crippen LogP contribution in [-0.4, -0.2) is 55.4 Å². The van der Waals surface area contributed by atoms with Gasteiger partial charge >= 0.3 is 12.0 Å². The summed E-state index contributed by atoms with van der Waals surface area (Å²) in [6.45, 7) is 3.63. The van der Waals surface area contributed by atoms with Crippen molar-refractivity contribution in [3.8, 4) is 0 Å². The zero-order chi connectivity index (χ0) is 11.7. The van der Waals surface area contributed by atoms with Crippen LogP contribution in [-0.2, 0) is 9.53 Å².